The van der Waals surface area contributed by atoms with E-state index in [2.05, 4.69) is 17.6 Å². The van der Waals surface area contributed by atoms with Gasteiger partial charge in [-0.15, -0.1) is 0 Å². The van der Waals surface area contributed by atoms with Gasteiger partial charge in [-0.25, -0.2) is 0 Å². The summed E-state index contributed by atoms with van der Waals surface area (Å²) in [4.78, 5) is 11.6. The summed E-state index contributed by atoms with van der Waals surface area (Å²) in [5.41, 5.74) is 0. The molecule has 0 spiro atoms. The fraction of sp³-hybridized carbons (Fsp3) is 0.900. The molecule has 2 saturated heterocycles. The van der Waals surface area contributed by atoms with Gasteiger partial charge in [0.05, 0.1) is 12.0 Å². The van der Waals surface area contributed by atoms with Crippen LogP contribution < -0.4 is 10.6 Å². The van der Waals surface area contributed by atoms with Gasteiger partial charge in [-0.3, -0.25) is 4.79 Å². The topological polar surface area (TPSA) is 50.4 Å². The monoisotopic (exact) mass is 198 g/mol. The molecule has 4 nitrogen and oxygen atoms in total. The number of amides is 1. The highest BCUT2D eigenvalue weighted by molar-refractivity contribution is 5.80. The second-order valence-electron chi connectivity index (χ2n) is 4.27. The number of ether oxygens (including phenoxy) is 1. The maximum atomic E-state index is 11.6. The molecule has 0 radical (unpaired) electrons. The quantitative estimate of drug-likeness (QED) is 0.651. The van der Waals surface area contributed by atoms with Crippen LogP contribution in [0, 0.1) is 5.92 Å². The number of hydrogen-bond donors (Lipinski definition) is 2. The molecule has 2 heterocycles. The summed E-state index contributed by atoms with van der Waals surface area (Å²) in [7, 11) is 0. The third-order valence-corrected chi connectivity index (χ3v) is 2.98. The van der Waals surface area contributed by atoms with Gasteiger partial charge in [0.25, 0.3) is 0 Å². The predicted octanol–water partition coefficient (Wildman–Crippen LogP) is -0.111. The first-order chi connectivity index (χ1) is 6.75. The van der Waals surface area contributed by atoms with E-state index in [-0.39, 0.29) is 17.9 Å². The Morgan fingerprint density at radius 2 is 2.29 bits per heavy atom. The molecule has 4 heteroatoms. The van der Waals surface area contributed by atoms with Crippen molar-refractivity contribution in [2.24, 2.45) is 5.92 Å². The Morgan fingerprint density at radius 1 is 1.50 bits per heavy atom. The standard InChI is InChI=1S/C10H18N2O2/c1-7-4-9(2-3-14-7)12-10(13)8-5-11-6-8/h7-9,11H,2-6H2,1H3,(H,12,13). The highest BCUT2D eigenvalue weighted by atomic mass is 16.5. The molecule has 2 unspecified atom stereocenters. The number of carbonyl (C=O) groups is 1. The van der Waals surface area contributed by atoms with Crippen molar-refractivity contribution in [3.63, 3.8) is 0 Å². The molecule has 0 aromatic rings. The summed E-state index contributed by atoms with van der Waals surface area (Å²) in [6, 6.07) is 0.326. The Bertz CT molecular complexity index is 216. The summed E-state index contributed by atoms with van der Waals surface area (Å²) in [5.74, 6) is 0.413. The lowest BCUT2D eigenvalue weighted by atomic mass is 9.99. The Balaban J connectivity index is 1.75. The van der Waals surface area contributed by atoms with Crippen LogP contribution in [0.3, 0.4) is 0 Å². The normalized spacial score (nSPS) is 33.5. The van der Waals surface area contributed by atoms with Crippen molar-refractivity contribution >= 4 is 5.91 Å². The first-order valence-electron chi connectivity index (χ1n) is 5.38. The van der Waals surface area contributed by atoms with Crippen molar-refractivity contribution in [1.29, 1.82) is 0 Å². The van der Waals surface area contributed by atoms with Crippen LogP contribution in [-0.2, 0) is 9.53 Å². The van der Waals surface area contributed by atoms with E-state index in [1.54, 1.807) is 0 Å². The highest BCUT2D eigenvalue weighted by Crippen LogP contribution is 2.14. The van der Waals surface area contributed by atoms with Crippen molar-refractivity contribution in [1.82, 2.24) is 10.6 Å². The Labute approximate surface area is 84.4 Å². The van der Waals surface area contributed by atoms with Gasteiger partial charge in [0, 0.05) is 25.7 Å². The van der Waals surface area contributed by atoms with E-state index in [1.165, 1.54) is 0 Å². The number of carbonyl (C=O) groups excluding carboxylic acids is 1. The molecule has 2 aliphatic rings. The maximum absolute atomic E-state index is 11.6. The van der Waals surface area contributed by atoms with Gasteiger partial charge in [-0.05, 0) is 19.8 Å². The molecule has 0 aromatic carbocycles. The Morgan fingerprint density at radius 3 is 2.86 bits per heavy atom. The van der Waals surface area contributed by atoms with Crippen LogP contribution >= 0.6 is 0 Å². The van der Waals surface area contributed by atoms with Crippen LogP contribution in [-0.4, -0.2) is 37.7 Å². The summed E-state index contributed by atoms with van der Waals surface area (Å²) in [6.07, 6.45) is 2.19. The molecule has 0 bridgehead atoms. The van der Waals surface area contributed by atoms with E-state index >= 15 is 0 Å². The smallest absolute Gasteiger partial charge is 0.225 e. The molecule has 2 N–H and O–H groups in total. The van der Waals surface area contributed by atoms with Crippen molar-refractivity contribution in [3.05, 3.63) is 0 Å². The third kappa shape index (κ3) is 2.25. The molecular weight excluding hydrogens is 180 g/mol. The van der Waals surface area contributed by atoms with E-state index < -0.39 is 0 Å². The molecule has 2 atom stereocenters. The predicted molar refractivity (Wildman–Crippen MR) is 52.9 cm³/mol. The molecule has 2 rings (SSSR count). The first kappa shape index (κ1) is 9.93. The van der Waals surface area contributed by atoms with Gasteiger partial charge in [-0.1, -0.05) is 0 Å². The fourth-order valence-electron chi connectivity index (χ4n) is 1.92. The zero-order chi connectivity index (χ0) is 9.97. The van der Waals surface area contributed by atoms with Gasteiger partial charge in [-0.2, -0.15) is 0 Å². The van der Waals surface area contributed by atoms with Crippen molar-refractivity contribution < 1.29 is 9.53 Å². The van der Waals surface area contributed by atoms with Gasteiger partial charge in [0.2, 0.25) is 5.91 Å². The van der Waals surface area contributed by atoms with Gasteiger partial charge in [0.15, 0.2) is 0 Å². The van der Waals surface area contributed by atoms with Crippen LogP contribution in [0.25, 0.3) is 0 Å². The van der Waals surface area contributed by atoms with Gasteiger partial charge >= 0.3 is 0 Å². The molecule has 2 aliphatic heterocycles. The molecule has 0 aliphatic carbocycles. The van der Waals surface area contributed by atoms with Gasteiger partial charge in [0.1, 0.15) is 0 Å². The fourth-order valence-corrected chi connectivity index (χ4v) is 1.92. The average Bonchev–Trinajstić information content (AvgIpc) is 1.99. The average molecular weight is 198 g/mol. The molecule has 0 saturated carbocycles. The van der Waals surface area contributed by atoms with Crippen LogP contribution in [0.2, 0.25) is 0 Å². The second kappa shape index (κ2) is 4.28. The zero-order valence-electron chi connectivity index (χ0n) is 8.58. The lowest BCUT2D eigenvalue weighted by molar-refractivity contribution is -0.128. The summed E-state index contributed by atoms with van der Waals surface area (Å²) in [5, 5.41) is 6.19. The van der Waals surface area contributed by atoms with Crippen LogP contribution in [0.1, 0.15) is 19.8 Å². The minimum absolute atomic E-state index is 0.202. The highest BCUT2D eigenvalue weighted by Gasteiger charge is 2.28. The molecule has 1 amide bonds. The molecule has 2 fully saturated rings. The van der Waals surface area contributed by atoms with E-state index in [4.69, 9.17) is 4.74 Å². The van der Waals surface area contributed by atoms with E-state index in [0.29, 0.717) is 6.04 Å². The summed E-state index contributed by atoms with van der Waals surface area (Å²) < 4.78 is 5.43. The zero-order valence-corrected chi connectivity index (χ0v) is 8.58. The number of nitrogens with one attached hydrogen (secondary N) is 2. The Kier molecular flexibility index (Phi) is 3.03. The van der Waals surface area contributed by atoms with Crippen molar-refractivity contribution in [2.75, 3.05) is 19.7 Å². The summed E-state index contributed by atoms with van der Waals surface area (Å²) >= 11 is 0. The van der Waals surface area contributed by atoms with E-state index in [0.717, 1.165) is 32.5 Å². The molecule has 14 heavy (non-hydrogen) atoms. The SMILES string of the molecule is CC1CC(NC(=O)C2CNC2)CCO1. The van der Waals surface area contributed by atoms with Crippen LogP contribution in [0.4, 0.5) is 0 Å². The van der Waals surface area contributed by atoms with Crippen molar-refractivity contribution in [3.8, 4) is 0 Å². The third-order valence-electron chi connectivity index (χ3n) is 2.98. The summed E-state index contributed by atoms with van der Waals surface area (Å²) in [6.45, 7) is 4.51. The lowest BCUT2D eigenvalue weighted by Gasteiger charge is -2.32. The first-order valence-corrected chi connectivity index (χ1v) is 5.38. The molecule has 0 aromatic heterocycles. The second-order valence-corrected chi connectivity index (χ2v) is 4.27. The number of rotatable bonds is 2. The van der Waals surface area contributed by atoms with E-state index in [9.17, 15) is 4.79 Å². The largest absolute Gasteiger partial charge is 0.378 e. The van der Waals surface area contributed by atoms with Gasteiger partial charge < -0.3 is 15.4 Å². The van der Waals surface area contributed by atoms with Crippen LogP contribution in [0.5, 0.6) is 0 Å². The van der Waals surface area contributed by atoms with Crippen molar-refractivity contribution in [2.45, 2.75) is 31.9 Å². The Hall–Kier alpha value is -0.610. The van der Waals surface area contributed by atoms with E-state index in [1.807, 2.05) is 0 Å². The molecule has 80 valence electrons. The van der Waals surface area contributed by atoms with Crippen LogP contribution in [0.15, 0.2) is 0 Å². The minimum Gasteiger partial charge on any atom is -0.378 e. The minimum atomic E-state index is 0.202. The number of hydrogen-bond acceptors (Lipinski definition) is 3. The maximum Gasteiger partial charge on any atom is 0.225 e. The lowest BCUT2D eigenvalue weighted by Crippen LogP contribution is -2.53. The molecular formula is C10H18N2O2.